The molecule has 1 amide bonds. The molecular weight excluding hydrogens is 342 g/mol. The van der Waals surface area contributed by atoms with E-state index in [-0.39, 0.29) is 21.9 Å². The lowest BCUT2D eigenvalue weighted by Gasteiger charge is -2.25. The molecule has 1 heterocycles. The number of halogens is 4. The number of carbonyl (C=O) groups excluding carboxylic acids is 1. The van der Waals surface area contributed by atoms with Crippen LogP contribution in [0.4, 0.5) is 17.6 Å². The van der Waals surface area contributed by atoms with E-state index in [9.17, 15) is 30.8 Å². The molecule has 0 radical (unpaired) electrons. The van der Waals surface area contributed by atoms with Crippen LogP contribution in [0.5, 0.6) is 0 Å². The maximum atomic E-state index is 13.5. The van der Waals surface area contributed by atoms with Gasteiger partial charge in [-0.2, -0.15) is 31.0 Å². The number of benzene rings is 1. The van der Waals surface area contributed by atoms with Crippen LogP contribution in [0.25, 0.3) is 5.70 Å². The van der Waals surface area contributed by atoms with Crippen molar-refractivity contribution in [3.8, 4) is 0 Å². The Balaban J connectivity index is 2.39. The molecule has 1 aliphatic heterocycles. The minimum Gasteiger partial charge on any atom is -0.266 e. The van der Waals surface area contributed by atoms with Crippen molar-refractivity contribution in [3.63, 3.8) is 0 Å². The molecule has 2 rings (SSSR count). The van der Waals surface area contributed by atoms with Crippen molar-refractivity contribution in [1.29, 1.82) is 0 Å². The number of nitrogens with zero attached hydrogens (tertiary/aromatic N) is 1. The van der Waals surface area contributed by atoms with Gasteiger partial charge in [-0.25, -0.2) is 0 Å². The fourth-order valence-electron chi connectivity index (χ4n) is 1.77. The lowest BCUT2D eigenvalue weighted by Crippen LogP contribution is -2.48. The zero-order valence-electron chi connectivity index (χ0n) is 11.3. The maximum Gasteiger partial charge on any atom is 0.437 e. The molecule has 1 aromatic carbocycles. The average Bonchev–Trinajstić information content (AvgIpc) is 2.72. The Bertz CT molecular complexity index is 769. The van der Waals surface area contributed by atoms with Crippen molar-refractivity contribution in [2.24, 2.45) is 0 Å². The highest BCUT2D eigenvalue weighted by atomic mass is 32.2. The van der Waals surface area contributed by atoms with Gasteiger partial charge in [0.25, 0.3) is 5.91 Å². The summed E-state index contributed by atoms with van der Waals surface area (Å²) in [6.07, 6.45) is -0.525. The van der Waals surface area contributed by atoms with Gasteiger partial charge in [0.05, 0.1) is 11.3 Å². The Morgan fingerprint density at radius 3 is 2.13 bits per heavy atom. The Morgan fingerprint density at radius 2 is 1.65 bits per heavy atom. The third kappa shape index (κ3) is 2.43. The minimum absolute atomic E-state index is 0.0624. The van der Waals surface area contributed by atoms with Crippen LogP contribution in [-0.2, 0) is 14.4 Å². The van der Waals surface area contributed by atoms with E-state index in [2.05, 4.69) is 17.4 Å². The predicted molar refractivity (Wildman–Crippen MR) is 71.7 cm³/mol. The largest absolute Gasteiger partial charge is 0.437 e. The zero-order valence-corrected chi connectivity index (χ0v) is 12.1. The number of hydrogen-bond acceptors (Lipinski definition) is 4. The predicted octanol–water partition coefficient (Wildman–Crippen LogP) is 2.79. The summed E-state index contributed by atoms with van der Waals surface area (Å²) in [6.45, 7) is 5.80. The van der Waals surface area contributed by atoms with Crippen molar-refractivity contribution in [2.45, 2.75) is 11.2 Å². The first kappa shape index (κ1) is 17.2. The van der Waals surface area contributed by atoms with Gasteiger partial charge in [0.2, 0.25) is 0 Å². The summed E-state index contributed by atoms with van der Waals surface area (Å²) >= 11 is 0. The van der Waals surface area contributed by atoms with Crippen LogP contribution in [0.2, 0.25) is 0 Å². The highest BCUT2D eigenvalue weighted by Gasteiger charge is 2.66. The van der Waals surface area contributed by atoms with Gasteiger partial charge in [-0.05, 0) is 12.1 Å². The Hall–Kier alpha value is -2.20. The van der Waals surface area contributed by atoms with Crippen LogP contribution >= 0.6 is 0 Å². The first-order chi connectivity index (χ1) is 10.5. The summed E-state index contributed by atoms with van der Waals surface area (Å²) in [7, 11) is -6.21. The smallest absolute Gasteiger partial charge is 0.266 e. The molecule has 0 saturated heterocycles. The SMILES string of the molecule is C=CC(F)(F)C(F)(F)S(=O)(=O)ON1C(=C)c2ccccc2C1=O. The van der Waals surface area contributed by atoms with Crippen LogP contribution in [0, 0.1) is 0 Å². The number of rotatable bonds is 5. The van der Waals surface area contributed by atoms with E-state index in [0.29, 0.717) is 0 Å². The van der Waals surface area contributed by atoms with Crippen LogP contribution in [0.1, 0.15) is 15.9 Å². The number of carbonyl (C=O) groups is 1. The molecule has 0 saturated carbocycles. The summed E-state index contributed by atoms with van der Waals surface area (Å²) in [5.41, 5.74) is -0.301. The molecule has 0 unspecified atom stereocenters. The molecule has 0 fully saturated rings. The first-order valence-corrected chi connectivity index (χ1v) is 7.33. The number of allylic oxidation sites excluding steroid dienone is 1. The minimum atomic E-state index is -6.21. The van der Waals surface area contributed by atoms with E-state index in [0.717, 1.165) is 0 Å². The lowest BCUT2D eigenvalue weighted by atomic mass is 10.1. The fraction of sp³-hybridized carbons (Fsp3) is 0.154. The van der Waals surface area contributed by atoms with Crippen LogP contribution < -0.4 is 0 Å². The van der Waals surface area contributed by atoms with Crippen LogP contribution in [-0.4, -0.2) is 30.6 Å². The number of hydroxylamine groups is 2. The van der Waals surface area contributed by atoms with Gasteiger partial charge in [0, 0.05) is 5.56 Å². The number of alkyl halides is 4. The van der Waals surface area contributed by atoms with Gasteiger partial charge < -0.3 is 0 Å². The van der Waals surface area contributed by atoms with E-state index in [4.69, 9.17) is 0 Å². The molecule has 0 atom stereocenters. The molecule has 1 aromatic rings. The van der Waals surface area contributed by atoms with Crippen molar-refractivity contribution in [3.05, 3.63) is 54.6 Å². The molecule has 5 nitrogen and oxygen atoms in total. The van der Waals surface area contributed by atoms with Gasteiger partial charge in [0.1, 0.15) is 0 Å². The zero-order chi connectivity index (χ0) is 17.6. The lowest BCUT2D eigenvalue weighted by molar-refractivity contribution is -0.133. The maximum absolute atomic E-state index is 13.5. The van der Waals surface area contributed by atoms with Gasteiger partial charge in [-0.3, -0.25) is 4.79 Å². The molecule has 0 aromatic heterocycles. The van der Waals surface area contributed by atoms with Crippen LogP contribution in [0.3, 0.4) is 0 Å². The normalized spacial score (nSPS) is 15.7. The highest BCUT2D eigenvalue weighted by Crippen LogP contribution is 2.42. The summed E-state index contributed by atoms with van der Waals surface area (Å²) in [4.78, 5) is 12.0. The molecule has 23 heavy (non-hydrogen) atoms. The first-order valence-electron chi connectivity index (χ1n) is 5.92. The van der Waals surface area contributed by atoms with Crippen LogP contribution in [0.15, 0.2) is 43.5 Å². The summed E-state index contributed by atoms with van der Waals surface area (Å²) in [6, 6.07) is 5.55. The van der Waals surface area contributed by atoms with Crippen molar-refractivity contribution >= 4 is 21.7 Å². The molecule has 10 heteroatoms. The second-order valence-corrected chi connectivity index (χ2v) is 6.03. The van der Waals surface area contributed by atoms with Gasteiger partial charge in [-0.1, -0.05) is 31.4 Å². The van der Waals surface area contributed by atoms with Crippen molar-refractivity contribution in [1.82, 2.24) is 5.06 Å². The van der Waals surface area contributed by atoms with E-state index in [1.807, 2.05) is 0 Å². The highest BCUT2D eigenvalue weighted by molar-refractivity contribution is 7.87. The quantitative estimate of drug-likeness (QED) is 0.604. The summed E-state index contributed by atoms with van der Waals surface area (Å²) in [5.74, 6) is -6.21. The average molecular weight is 351 g/mol. The number of fused-ring (bicyclic) bond motifs is 1. The van der Waals surface area contributed by atoms with E-state index in [1.165, 1.54) is 24.3 Å². The third-order valence-corrected chi connectivity index (χ3v) is 4.27. The van der Waals surface area contributed by atoms with Gasteiger partial charge in [-0.15, -0.1) is 4.28 Å². The van der Waals surface area contributed by atoms with Crippen molar-refractivity contribution in [2.75, 3.05) is 0 Å². The van der Waals surface area contributed by atoms with Gasteiger partial charge in [0.15, 0.2) is 0 Å². The third-order valence-electron chi connectivity index (χ3n) is 3.03. The van der Waals surface area contributed by atoms with E-state index in [1.54, 1.807) is 0 Å². The van der Waals surface area contributed by atoms with E-state index >= 15 is 0 Å². The topological polar surface area (TPSA) is 63.7 Å². The second kappa shape index (κ2) is 5.17. The summed E-state index contributed by atoms with van der Waals surface area (Å²) in [5, 5.41) is -5.69. The molecule has 0 spiro atoms. The Labute approximate surface area is 128 Å². The Kier molecular flexibility index (Phi) is 3.86. The monoisotopic (exact) mass is 351 g/mol. The Morgan fingerprint density at radius 1 is 1.13 bits per heavy atom. The van der Waals surface area contributed by atoms with Gasteiger partial charge >= 0.3 is 21.3 Å². The van der Waals surface area contributed by atoms with Crippen molar-refractivity contribution < 1.29 is 35.1 Å². The molecule has 0 bridgehead atoms. The van der Waals surface area contributed by atoms with E-state index < -0.39 is 33.3 Å². The second-order valence-electron chi connectivity index (χ2n) is 4.46. The standard InChI is InChI=1S/C13H9F4NO4S/c1-3-12(14,15)13(16,17)23(20,21)22-18-8(2)9-6-4-5-7-10(9)11(18)19/h3-7H,1-2H2. The molecular formula is C13H9F4NO4S. The summed E-state index contributed by atoms with van der Waals surface area (Å²) < 4.78 is 80.2. The molecule has 0 aliphatic carbocycles. The number of amides is 1. The fourth-order valence-corrected chi connectivity index (χ4v) is 2.64. The molecule has 0 N–H and O–H groups in total. The number of hydrogen-bond donors (Lipinski definition) is 0. The molecule has 124 valence electrons. The molecule has 1 aliphatic rings.